The van der Waals surface area contributed by atoms with Crippen LogP contribution in [-0.4, -0.2) is 46.6 Å². The molecule has 0 amide bonds. The van der Waals surface area contributed by atoms with Crippen LogP contribution in [0.3, 0.4) is 0 Å². The summed E-state index contributed by atoms with van der Waals surface area (Å²) in [6.45, 7) is 3.17. The maximum atomic E-state index is 13.6. The Morgan fingerprint density at radius 2 is 2.00 bits per heavy atom. The van der Waals surface area contributed by atoms with E-state index >= 15 is 0 Å². The molecule has 0 aliphatic carbocycles. The molecular formula is C29H23BrN4O8. The number of carbonyl (C=O) groups is 1. The highest BCUT2D eigenvalue weighted by molar-refractivity contribution is 9.10. The molecule has 3 aromatic carbocycles. The number of fused-ring (bicyclic) bond motifs is 2. The lowest BCUT2D eigenvalue weighted by atomic mass is 10.1. The Morgan fingerprint density at radius 3 is 2.74 bits per heavy atom. The van der Waals surface area contributed by atoms with Crippen molar-refractivity contribution in [3.8, 4) is 23.1 Å². The SMILES string of the molecule is CCOC(=O)[C@@H](C)Oc1c(OC)cc(C=Nn2c(-c3cc4cc(Br)ccc4o3)nc3ccccc3c2=O)cc1[N+](=O)[O-]. The number of nitrogens with zero attached hydrogens (tertiary/aromatic N) is 4. The quantitative estimate of drug-likeness (QED) is 0.0861. The number of benzene rings is 3. The molecule has 0 aliphatic rings. The Labute approximate surface area is 246 Å². The van der Waals surface area contributed by atoms with Crippen LogP contribution in [0.1, 0.15) is 19.4 Å². The summed E-state index contributed by atoms with van der Waals surface area (Å²) in [7, 11) is 1.30. The molecule has 0 saturated heterocycles. The van der Waals surface area contributed by atoms with Gasteiger partial charge in [-0.2, -0.15) is 9.78 Å². The first-order valence-electron chi connectivity index (χ1n) is 12.7. The maximum absolute atomic E-state index is 13.6. The van der Waals surface area contributed by atoms with Crippen molar-refractivity contribution in [1.29, 1.82) is 0 Å². The van der Waals surface area contributed by atoms with Crippen molar-refractivity contribution in [1.82, 2.24) is 9.66 Å². The Hall–Kier alpha value is -5.04. The van der Waals surface area contributed by atoms with Crippen molar-refractivity contribution in [2.75, 3.05) is 13.7 Å². The van der Waals surface area contributed by atoms with E-state index in [2.05, 4.69) is 26.0 Å². The van der Waals surface area contributed by atoms with E-state index < -0.39 is 28.2 Å². The number of methoxy groups -OCH3 is 1. The molecule has 5 aromatic rings. The summed E-state index contributed by atoms with van der Waals surface area (Å²) in [5, 5.41) is 17.4. The molecule has 2 aromatic heterocycles. The second-order valence-corrected chi connectivity index (χ2v) is 9.86. The van der Waals surface area contributed by atoms with E-state index in [1.165, 1.54) is 32.4 Å². The second-order valence-electron chi connectivity index (χ2n) is 8.95. The lowest BCUT2D eigenvalue weighted by Crippen LogP contribution is -2.26. The van der Waals surface area contributed by atoms with Gasteiger partial charge in [-0.3, -0.25) is 14.9 Å². The smallest absolute Gasteiger partial charge is 0.347 e. The van der Waals surface area contributed by atoms with Gasteiger partial charge in [0.05, 0.1) is 35.8 Å². The standard InChI is InChI=1S/C29H23BrN4O8/c1-4-40-29(36)16(2)41-26-22(34(37)38)11-17(12-24(26)39-3)15-31-33-27(32-21-8-6-5-7-20(21)28(33)35)25-14-18-13-19(30)9-10-23(18)42-25/h5-16H,4H2,1-3H3/t16-/m1/s1. The van der Waals surface area contributed by atoms with Gasteiger partial charge in [0.15, 0.2) is 17.6 Å². The van der Waals surface area contributed by atoms with Crippen LogP contribution in [0.4, 0.5) is 5.69 Å². The summed E-state index contributed by atoms with van der Waals surface area (Å²) in [5.74, 6) is -0.531. The third-order valence-electron chi connectivity index (χ3n) is 6.16. The van der Waals surface area contributed by atoms with Crippen LogP contribution in [0.5, 0.6) is 11.5 Å². The molecule has 0 unspecified atom stereocenters. The van der Waals surface area contributed by atoms with Crippen LogP contribution in [0.25, 0.3) is 33.5 Å². The first-order valence-corrected chi connectivity index (χ1v) is 13.4. The van der Waals surface area contributed by atoms with Gasteiger partial charge in [0.2, 0.25) is 11.6 Å². The van der Waals surface area contributed by atoms with Crippen molar-refractivity contribution >= 4 is 55.7 Å². The molecule has 5 rings (SSSR count). The summed E-state index contributed by atoms with van der Waals surface area (Å²) in [4.78, 5) is 41.6. The Balaban J connectivity index is 1.63. The molecule has 42 heavy (non-hydrogen) atoms. The van der Waals surface area contributed by atoms with Crippen molar-refractivity contribution in [3.63, 3.8) is 0 Å². The number of esters is 1. The average molecular weight is 635 g/mol. The average Bonchev–Trinajstić information content (AvgIpc) is 3.40. The highest BCUT2D eigenvalue weighted by atomic mass is 79.9. The third-order valence-corrected chi connectivity index (χ3v) is 6.66. The predicted octanol–water partition coefficient (Wildman–Crippen LogP) is 5.70. The van der Waals surface area contributed by atoms with Gasteiger partial charge in [0.25, 0.3) is 5.56 Å². The molecule has 0 N–H and O–H groups in total. The van der Waals surface area contributed by atoms with E-state index in [4.69, 9.17) is 18.6 Å². The number of para-hydroxylation sites is 1. The molecular weight excluding hydrogens is 612 g/mol. The molecule has 214 valence electrons. The fourth-order valence-electron chi connectivity index (χ4n) is 4.21. The summed E-state index contributed by atoms with van der Waals surface area (Å²) < 4.78 is 23.8. The van der Waals surface area contributed by atoms with Gasteiger partial charge in [-0.05, 0) is 56.3 Å². The van der Waals surface area contributed by atoms with Gasteiger partial charge in [0, 0.05) is 21.5 Å². The van der Waals surface area contributed by atoms with E-state index in [-0.39, 0.29) is 29.5 Å². The van der Waals surface area contributed by atoms with E-state index in [1.807, 2.05) is 12.1 Å². The van der Waals surface area contributed by atoms with E-state index in [9.17, 15) is 19.7 Å². The number of carbonyl (C=O) groups excluding carboxylic acids is 1. The summed E-state index contributed by atoms with van der Waals surface area (Å²) in [6, 6.07) is 16.7. The van der Waals surface area contributed by atoms with Crippen molar-refractivity contribution < 1.29 is 28.3 Å². The van der Waals surface area contributed by atoms with Gasteiger partial charge in [-0.25, -0.2) is 9.78 Å². The normalized spacial score (nSPS) is 12.1. The first-order chi connectivity index (χ1) is 20.2. The largest absolute Gasteiger partial charge is 0.493 e. The lowest BCUT2D eigenvalue weighted by Gasteiger charge is -2.16. The number of rotatable bonds is 9. The monoisotopic (exact) mass is 634 g/mol. The van der Waals surface area contributed by atoms with Crippen LogP contribution in [0.2, 0.25) is 0 Å². The number of nitro benzene ring substituents is 1. The van der Waals surface area contributed by atoms with E-state index in [0.29, 0.717) is 22.2 Å². The zero-order chi connectivity index (χ0) is 30.0. The number of nitro groups is 1. The third kappa shape index (κ3) is 5.59. The van der Waals surface area contributed by atoms with Crippen LogP contribution in [0.15, 0.2) is 79.4 Å². The van der Waals surface area contributed by atoms with Gasteiger partial charge in [-0.1, -0.05) is 28.1 Å². The van der Waals surface area contributed by atoms with Crippen LogP contribution >= 0.6 is 15.9 Å². The van der Waals surface area contributed by atoms with Crippen LogP contribution in [-0.2, 0) is 9.53 Å². The topological polar surface area (TPSA) is 148 Å². The minimum atomic E-state index is -1.13. The van der Waals surface area contributed by atoms with Gasteiger partial charge < -0.3 is 18.6 Å². The summed E-state index contributed by atoms with van der Waals surface area (Å²) >= 11 is 3.44. The van der Waals surface area contributed by atoms with Gasteiger partial charge in [-0.15, -0.1) is 0 Å². The fraction of sp³-hybridized carbons (Fsp3) is 0.172. The number of halogens is 1. The zero-order valence-electron chi connectivity index (χ0n) is 22.6. The van der Waals surface area contributed by atoms with Crippen molar-refractivity contribution in [3.05, 3.63) is 91.2 Å². The molecule has 0 aliphatic heterocycles. The number of furan rings is 1. The van der Waals surface area contributed by atoms with Crippen molar-refractivity contribution in [2.24, 2.45) is 5.10 Å². The minimum absolute atomic E-state index is 0.0196. The highest BCUT2D eigenvalue weighted by Crippen LogP contribution is 2.39. The second kappa shape index (κ2) is 11.8. The molecule has 0 radical (unpaired) electrons. The number of aromatic nitrogens is 2. The molecule has 12 nitrogen and oxygen atoms in total. The van der Waals surface area contributed by atoms with Crippen molar-refractivity contribution in [2.45, 2.75) is 20.0 Å². The van der Waals surface area contributed by atoms with Crippen LogP contribution < -0.4 is 15.0 Å². The molecule has 0 spiro atoms. The molecule has 1 atom stereocenters. The van der Waals surface area contributed by atoms with Gasteiger partial charge >= 0.3 is 11.7 Å². The Morgan fingerprint density at radius 1 is 1.21 bits per heavy atom. The van der Waals surface area contributed by atoms with E-state index in [0.717, 1.165) is 14.5 Å². The first kappa shape index (κ1) is 28.5. The number of hydrogen-bond acceptors (Lipinski definition) is 10. The van der Waals surface area contributed by atoms with Gasteiger partial charge in [0.1, 0.15) is 5.58 Å². The number of ether oxygens (including phenoxy) is 3. The van der Waals surface area contributed by atoms with E-state index in [1.54, 1.807) is 43.3 Å². The predicted molar refractivity (Wildman–Crippen MR) is 158 cm³/mol. The Kier molecular flexibility index (Phi) is 8.02. The fourth-order valence-corrected chi connectivity index (χ4v) is 4.59. The maximum Gasteiger partial charge on any atom is 0.347 e. The molecule has 0 bridgehead atoms. The minimum Gasteiger partial charge on any atom is -0.493 e. The summed E-state index contributed by atoms with van der Waals surface area (Å²) in [5.41, 5.74) is 0.297. The molecule has 0 fully saturated rings. The van der Waals surface area contributed by atoms with Crippen LogP contribution in [0, 0.1) is 10.1 Å². The molecule has 0 saturated carbocycles. The zero-order valence-corrected chi connectivity index (χ0v) is 24.2. The highest BCUT2D eigenvalue weighted by Gasteiger charge is 2.27. The molecule has 13 heteroatoms. The Bertz CT molecular complexity index is 1930. The lowest BCUT2D eigenvalue weighted by molar-refractivity contribution is -0.386. The summed E-state index contributed by atoms with van der Waals surface area (Å²) in [6.07, 6.45) is 0.126. The molecule has 2 heterocycles. The number of hydrogen-bond donors (Lipinski definition) is 0.